The van der Waals surface area contributed by atoms with Crippen LogP contribution in [0.5, 0.6) is 0 Å². The second-order valence-corrected chi connectivity index (χ2v) is 8.00. The first-order valence-corrected chi connectivity index (χ1v) is 10.5. The summed E-state index contributed by atoms with van der Waals surface area (Å²) in [4.78, 5) is 30.7. The van der Waals surface area contributed by atoms with Crippen LogP contribution in [0.25, 0.3) is 16.6 Å². The molecule has 0 atom stereocenters. The summed E-state index contributed by atoms with van der Waals surface area (Å²) in [6.07, 6.45) is 4.91. The van der Waals surface area contributed by atoms with Crippen molar-refractivity contribution in [1.82, 2.24) is 24.5 Å². The number of carboxylic acid groups (broad SMARTS) is 1. The zero-order valence-electron chi connectivity index (χ0n) is 17.9. The molecule has 170 valence electrons. The highest BCUT2D eigenvalue weighted by atomic mass is 19.1. The number of fused-ring (bicyclic) bond motifs is 2. The lowest BCUT2D eigenvalue weighted by atomic mass is 10.1. The van der Waals surface area contributed by atoms with Gasteiger partial charge in [0.25, 0.3) is 5.91 Å². The van der Waals surface area contributed by atoms with E-state index >= 15 is 0 Å². The maximum atomic E-state index is 14.4. The SMILES string of the molecule is Cc1cn2cc(NC(=O)c3ccc(N4CCNCC4)c4cn(CC(=O)O)nc34)cc(F)c2n1. The molecule has 3 N–H and O–H groups in total. The topological polar surface area (TPSA) is 117 Å². The maximum Gasteiger partial charge on any atom is 0.325 e. The highest BCUT2D eigenvalue weighted by molar-refractivity contribution is 6.14. The molecule has 0 bridgehead atoms. The molecule has 4 aromatic rings. The zero-order valence-corrected chi connectivity index (χ0v) is 17.9. The van der Waals surface area contributed by atoms with Crippen molar-refractivity contribution in [2.45, 2.75) is 13.5 Å². The van der Waals surface area contributed by atoms with Crippen molar-refractivity contribution in [1.29, 1.82) is 0 Å². The quantitative estimate of drug-likeness (QED) is 0.424. The molecule has 0 saturated carbocycles. The molecular formula is C22H22FN7O3. The molecule has 0 radical (unpaired) electrons. The molecule has 11 heteroatoms. The van der Waals surface area contributed by atoms with Crippen LogP contribution >= 0.6 is 0 Å². The number of hydrogen-bond donors (Lipinski definition) is 3. The molecule has 1 saturated heterocycles. The minimum Gasteiger partial charge on any atom is -0.480 e. The lowest BCUT2D eigenvalue weighted by molar-refractivity contribution is -0.137. The van der Waals surface area contributed by atoms with Gasteiger partial charge in [-0.05, 0) is 19.1 Å². The van der Waals surface area contributed by atoms with Crippen LogP contribution in [-0.2, 0) is 11.3 Å². The van der Waals surface area contributed by atoms with Crippen LogP contribution in [0, 0.1) is 12.7 Å². The first kappa shape index (κ1) is 20.9. The number of nitrogens with zero attached hydrogens (tertiary/aromatic N) is 5. The van der Waals surface area contributed by atoms with Crippen molar-refractivity contribution in [3.63, 3.8) is 0 Å². The summed E-state index contributed by atoms with van der Waals surface area (Å²) in [6, 6.07) is 4.73. The molecule has 0 aliphatic carbocycles. The minimum atomic E-state index is -1.03. The summed E-state index contributed by atoms with van der Waals surface area (Å²) in [5.74, 6) is -2.05. The van der Waals surface area contributed by atoms with E-state index in [4.69, 9.17) is 0 Å². The van der Waals surface area contributed by atoms with E-state index in [-0.39, 0.29) is 23.4 Å². The molecule has 0 unspecified atom stereocenters. The third kappa shape index (κ3) is 3.98. The molecule has 4 heterocycles. The van der Waals surface area contributed by atoms with Crippen LogP contribution in [0.2, 0.25) is 0 Å². The Morgan fingerprint density at radius 1 is 1.21 bits per heavy atom. The van der Waals surface area contributed by atoms with Gasteiger partial charge in [-0.15, -0.1) is 0 Å². The van der Waals surface area contributed by atoms with E-state index in [1.54, 1.807) is 31.6 Å². The van der Waals surface area contributed by atoms with E-state index in [0.717, 1.165) is 31.9 Å². The second-order valence-electron chi connectivity index (χ2n) is 8.00. The number of amides is 1. The number of hydrogen-bond acceptors (Lipinski definition) is 6. The number of aromatic nitrogens is 4. The van der Waals surface area contributed by atoms with Gasteiger partial charge < -0.3 is 25.0 Å². The number of piperazine rings is 1. The molecule has 3 aromatic heterocycles. The Labute approximate surface area is 187 Å². The summed E-state index contributed by atoms with van der Waals surface area (Å²) in [5.41, 5.74) is 2.67. The van der Waals surface area contributed by atoms with Gasteiger partial charge in [0.05, 0.1) is 16.9 Å². The zero-order chi connectivity index (χ0) is 23.1. The second kappa shape index (κ2) is 8.17. The Balaban J connectivity index is 1.53. The Hall–Kier alpha value is -3.99. The summed E-state index contributed by atoms with van der Waals surface area (Å²) in [7, 11) is 0. The van der Waals surface area contributed by atoms with Crippen LogP contribution in [0.1, 0.15) is 16.1 Å². The lowest BCUT2D eigenvalue weighted by Gasteiger charge is -2.30. The molecular weight excluding hydrogens is 429 g/mol. The predicted molar refractivity (Wildman–Crippen MR) is 120 cm³/mol. The molecule has 1 fully saturated rings. The van der Waals surface area contributed by atoms with Gasteiger partial charge in [-0.25, -0.2) is 9.37 Å². The number of rotatable bonds is 5. The van der Waals surface area contributed by atoms with Crippen molar-refractivity contribution < 1.29 is 19.1 Å². The monoisotopic (exact) mass is 451 g/mol. The standard InChI is InChI=1S/C22H22FN7O3/c1-13-9-29-10-14(8-17(23)21(29)25-13)26-22(33)15-2-3-18(28-6-4-24-5-7-28)16-11-30(12-19(31)32)27-20(15)16/h2-3,8-11,24H,4-7,12H2,1H3,(H,26,33)(H,31,32). The van der Waals surface area contributed by atoms with Crippen LogP contribution < -0.4 is 15.5 Å². The van der Waals surface area contributed by atoms with Gasteiger partial charge in [-0.2, -0.15) is 5.10 Å². The maximum absolute atomic E-state index is 14.4. The third-order valence-electron chi connectivity index (χ3n) is 5.58. The number of aryl methyl sites for hydroxylation is 1. The van der Waals surface area contributed by atoms with Gasteiger partial charge in [0.15, 0.2) is 11.5 Å². The molecule has 1 aliphatic heterocycles. The average molecular weight is 451 g/mol. The Morgan fingerprint density at radius 3 is 2.76 bits per heavy atom. The summed E-state index contributed by atoms with van der Waals surface area (Å²) in [5, 5.41) is 20.3. The van der Waals surface area contributed by atoms with Crippen molar-refractivity contribution in [3.8, 4) is 0 Å². The fraction of sp³-hybridized carbons (Fsp3) is 0.273. The number of carbonyl (C=O) groups is 2. The highest BCUT2D eigenvalue weighted by Gasteiger charge is 2.21. The van der Waals surface area contributed by atoms with E-state index in [0.29, 0.717) is 16.6 Å². The Bertz CT molecular complexity index is 1390. The van der Waals surface area contributed by atoms with Gasteiger partial charge in [-0.1, -0.05) is 0 Å². The lowest BCUT2D eigenvalue weighted by Crippen LogP contribution is -2.43. The number of carboxylic acids is 1. The van der Waals surface area contributed by atoms with E-state index < -0.39 is 17.7 Å². The largest absolute Gasteiger partial charge is 0.480 e. The van der Waals surface area contributed by atoms with E-state index in [1.165, 1.54) is 15.1 Å². The fourth-order valence-corrected chi connectivity index (χ4v) is 4.17. The molecule has 33 heavy (non-hydrogen) atoms. The number of halogens is 1. The van der Waals surface area contributed by atoms with E-state index in [1.807, 2.05) is 6.07 Å². The number of aliphatic carboxylic acids is 1. The Kier molecular flexibility index (Phi) is 5.17. The number of pyridine rings is 1. The third-order valence-corrected chi connectivity index (χ3v) is 5.58. The normalized spacial score (nSPS) is 14.2. The summed E-state index contributed by atoms with van der Waals surface area (Å²) >= 11 is 0. The summed E-state index contributed by atoms with van der Waals surface area (Å²) in [6.45, 7) is 4.67. The smallest absolute Gasteiger partial charge is 0.325 e. The van der Waals surface area contributed by atoms with Crippen molar-refractivity contribution in [2.75, 3.05) is 36.4 Å². The number of nitrogens with one attached hydrogen (secondary N) is 2. The molecule has 1 aromatic carbocycles. The van der Waals surface area contributed by atoms with Gasteiger partial charge >= 0.3 is 5.97 Å². The van der Waals surface area contributed by atoms with Crippen LogP contribution in [0.15, 0.2) is 36.8 Å². The number of carbonyl (C=O) groups excluding carboxylic acids is 1. The van der Waals surface area contributed by atoms with Crippen molar-refractivity contribution >= 4 is 39.8 Å². The number of anilines is 2. The first-order valence-electron chi connectivity index (χ1n) is 10.5. The molecule has 0 spiro atoms. The van der Waals surface area contributed by atoms with Crippen LogP contribution in [-0.4, -0.2) is 62.3 Å². The molecule has 1 amide bonds. The van der Waals surface area contributed by atoms with Crippen molar-refractivity contribution in [3.05, 3.63) is 53.9 Å². The average Bonchev–Trinajstić information content (AvgIpc) is 3.36. The van der Waals surface area contributed by atoms with E-state index in [9.17, 15) is 19.1 Å². The van der Waals surface area contributed by atoms with Crippen LogP contribution in [0.4, 0.5) is 15.8 Å². The summed E-state index contributed by atoms with van der Waals surface area (Å²) < 4.78 is 17.3. The van der Waals surface area contributed by atoms with E-state index in [2.05, 4.69) is 25.6 Å². The van der Waals surface area contributed by atoms with Crippen LogP contribution in [0.3, 0.4) is 0 Å². The minimum absolute atomic E-state index is 0.181. The molecule has 10 nitrogen and oxygen atoms in total. The fourth-order valence-electron chi connectivity index (χ4n) is 4.17. The van der Waals surface area contributed by atoms with Gasteiger partial charge in [-0.3, -0.25) is 14.3 Å². The number of imidazole rings is 1. The molecule has 1 aliphatic rings. The van der Waals surface area contributed by atoms with Crippen molar-refractivity contribution in [2.24, 2.45) is 0 Å². The molecule has 5 rings (SSSR count). The number of benzene rings is 1. The first-order chi connectivity index (χ1) is 15.9. The Morgan fingerprint density at radius 2 is 2.00 bits per heavy atom. The predicted octanol–water partition coefficient (Wildman–Crippen LogP) is 1.88. The highest BCUT2D eigenvalue weighted by Crippen LogP contribution is 2.30. The van der Waals surface area contributed by atoms with Gasteiger partial charge in [0.2, 0.25) is 0 Å². The van der Waals surface area contributed by atoms with Gasteiger partial charge in [0.1, 0.15) is 12.1 Å². The van der Waals surface area contributed by atoms with Gasteiger partial charge in [0, 0.05) is 61.9 Å².